The van der Waals surface area contributed by atoms with Gasteiger partial charge in [0.2, 0.25) is 0 Å². The zero-order chi connectivity index (χ0) is 9.14. The zero-order valence-electron chi connectivity index (χ0n) is 7.80. The highest BCUT2D eigenvalue weighted by molar-refractivity contribution is 5.90. The van der Waals surface area contributed by atoms with E-state index < -0.39 is 0 Å². The van der Waals surface area contributed by atoms with Crippen LogP contribution in [-0.4, -0.2) is 12.1 Å². The average Bonchev–Trinajstić information content (AvgIpc) is 2.29. The van der Waals surface area contributed by atoms with E-state index in [0.717, 1.165) is 19.3 Å². The normalized spacial score (nSPS) is 29.2. The third kappa shape index (κ3) is 1.52. The molecule has 0 aromatic carbocycles. The number of cyclic esters (lactones) is 1. The van der Waals surface area contributed by atoms with Gasteiger partial charge in [0.05, 0.1) is 0 Å². The highest BCUT2D eigenvalue weighted by Gasteiger charge is 2.36. The Morgan fingerprint density at radius 2 is 2.17 bits per heavy atom. The number of rotatable bonds is 3. The van der Waals surface area contributed by atoms with Gasteiger partial charge in [-0.1, -0.05) is 26.8 Å². The molecule has 1 aliphatic heterocycles. The number of esters is 1. The molecule has 0 aromatic rings. The minimum absolute atomic E-state index is 0.0972. The topological polar surface area (TPSA) is 26.3 Å². The molecular formula is C10H16O2. The lowest BCUT2D eigenvalue weighted by Gasteiger charge is -2.14. The molecule has 2 unspecified atom stereocenters. The molecule has 1 aliphatic rings. The van der Waals surface area contributed by atoms with Gasteiger partial charge in [-0.25, -0.2) is 4.79 Å². The summed E-state index contributed by atoms with van der Waals surface area (Å²) < 4.78 is 5.18. The van der Waals surface area contributed by atoms with E-state index in [0.29, 0.717) is 5.57 Å². The largest absolute Gasteiger partial charge is 0.458 e. The van der Waals surface area contributed by atoms with E-state index in [2.05, 4.69) is 20.4 Å². The van der Waals surface area contributed by atoms with Gasteiger partial charge in [0.15, 0.2) is 0 Å². The summed E-state index contributed by atoms with van der Waals surface area (Å²) in [4.78, 5) is 11.1. The molecule has 0 saturated carbocycles. The van der Waals surface area contributed by atoms with Gasteiger partial charge in [-0.05, 0) is 12.8 Å². The first-order valence-electron chi connectivity index (χ1n) is 4.60. The highest BCUT2D eigenvalue weighted by Crippen LogP contribution is 2.31. The minimum atomic E-state index is -0.194. The first-order valence-corrected chi connectivity index (χ1v) is 4.60. The molecule has 68 valence electrons. The number of ether oxygens (including phenoxy) is 1. The van der Waals surface area contributed by atoms with Crippen LogP contribution in [0.1, 0.15) is 33.1 Å². The van der Waals surface area contributed by atoms with Gasteiger partial charge >= 0.3 is 5.97 Å². The fraction of sp³-hybridized carbons (Fsp3) is 0.700. The second-order valence-electron chi connectivity index (χ2n) is 3.27. The Morgan fingerprint density at radius 1 is 1.50 bits per heavy atom. The molecule has 1 fully saturated rings. The van der Waals surface area contributed by atoms with Gasteiger partial charge < -0.3 is 4.74 Å². The van der Waals surface area contributed by atoms with Crippen LogP contribution in [0.5, 0.6) is 0 Å². The van der Waals surface area contributed by atoms with Crippen LogP contribution < -0.4 is 0 Å². The molecule has 0 spiro atoms. The summed E-state index contributed by atoms with van der Waals surface area (Å²) in [7, 11) is 0. The van der Waals surface area contributed by atoms with Crippen LogP contribution in [0, 0.1) is 5.92 Å². The minimum Gasteiger partial charge on any atom is -0.458 e. The summed E-state index contributed by atoms with van der Waals surface area (Å²) in [6, 6.07) is 0. The smallest absolute Gasteiger partial charge is 0.334 e. The van der Waals surface area contributed by atoms with Gasteiger partial charge in [0.1, 0.15) is 6.10 Å². The van der Waals surface area contributed by atoms with E-state index in [1.54, 1.807) is 0 Å². The summed E-state index contributed by atoms with van der Waals surface area (Å²) in [6.45, 7) is 7.91. The van der Waals surface area contributed by atoms with Crippen molar-refractivity contribution < 1.29 is 9.53 Å². The molecule has 0 N–H and O–H groups in total. The van der Waals surface area contributed by atoms with Crippen molar-refractivity contribution in [3.63, 3.8) is 0 Å². The molecule has 0 radical (unpaired) electrons. The van der Waals surface area contributed by atoms with E-state index in [9.17, 15) is 4.79 Å². The Morgan fingerprint density at radius 3 is 2.67 bits per heavy atom. The van der Waals surface area contributed by atoms with Crippen LogP contribution in [0.4, 0.5) is 0 Å². The van der Waals surface area contributed by atoms with Gasteiger partial charge in [-0.2, -0.15) is 0 Å². The maximum Gasteiger partial charge on any atom is 0.334 e. The first-order chi connectivity index (χ1) is 5.70. The van der Waals surface area contributed by atoms with Crippen molar-refractivity contribution in [1.29, 1.82) is 0 Å². The van der Waals surface area contributed by atoms with Crippen molar-refractivity contribution in [2.24, 2.45) is 5.92 Å². The van der Waals surface area contributed by atoms with Gasteiger partial charge in [-0.15, -0.1) is 0 Å². The standard InChI is InChI=1S/C10H16O2/c1-4-6-9-8(5-2)7(3)10(11)12-9/h8-9H,3-6H2,1-2H3. The summed E-state index contributed by atoms with van der Waals surface area (Å²) in [6.07, 6.45) is 3.07. The molecule has 1 saturated heterocycles. The summed E-state index contributed by atoms with van der Waals surface area (Å²) in [5.41, 5.74) is 0.663. The zero-order valence-corrected chi connectivity index (χ0v) is 7.80. The van der Waals surface area contributed by atoms with Gasteiger partial charge in [0.25, 0.3) is 0 Å². The molecular weight excluding hydrogens is 152 g/mol. The molecule has 0 aliphatic carbocycles. The lowest BCUT2D eigenvalue weighted by atomic mass is 9.92. The Kier molecular flexibility index (Phi) is 2.90. The molecule has 2 heteroatoms. The third-order valence-corrected chi connectivity index (χ3v) is 2.43. The molecule has 12 heavy (non-hydrogen) atoms. The van der Waals surface area contributed by atoms with Crippen LogP contribution in [-0.2, 0) is 9.53 Å². The SMILES string of the molecule is C=C1C(=O)OC(CCC)C1CC. The van der Waals surface area contributed by atoms with Crippen molar-refractivity contribution >= 4 is 5.97 Å². The van der Waals surface area contributed by atoms with E-state index in [4.69, 9.17) is 4.74 Å². The molecule has 2 atom stereocenters. The van der Waals surface area contributed by atoms with Gasteiger partial charge in [-0.3, -0.25) is 0 Å². The summed E-state index contributed by atoms with van der Waals surface area (Å²) in [5, 5.41) is 0. The van der Waals surface area contributed by atoms with E-state index in [1.807, 2.05) is 0 Å². The van der Waals surface area contributed by atoms with Crippen LogP contribution in [0.15, 0.2) is 12.2 Å². The van der Waals surface area contributed by atoms with E-state index in [-0.39, 0.29) is 18.0 Å². The first kappa shape index (κ1) is 9.30. The number of hydrogen-bond donors (Lipinski definition) is 0. The van der Waals surface area contributed by atoms with Gasteiger partial charge in [0, 0.05) is 11.5 Å². The van der Waals surface area contributed by atoms with Crippen molar-refractivity contribution in [3.8, 4) is 0 Å². The molecule has 0 aromatic heterocycles. The molecule has 2 nitrogen and oxygen atoms in total. The quantitative estimate of drug-likeness (QED) is 0.477. The second-order valence-corrected chi connectivity index (χ2v) is 3.27. The number of carbonyl (C=O) groups excluding carboxylic acids is 1. The summed E-state index contributed by atoms with van der Waals surface area (Å²) in [5.74, 6) is 0.0674. The summed E-state index contributed by atoms with van der Waals surface area (Å²) >= 11 is 0. The fourth-order valence-electron chi connectivity index (χ4n) is 1.72. The van der Waals surface area contributed by atoms with E-state index >= 15 is 0 Å². The lowest BCUT2D eigenvalue weighted by molar-refractivity contribution is -0.139. The second kappa shape index (κ2) is 3.74. The van der Waals surface area contributed by atoms with Crippen molar-refractivity contribution in [2.75, 3.05) is 0 Å². The predicted molar refractivity (Wildman–Crippen MR) is 47.7 cm³/mol. The fourth-order valence-corrected chi connectivity index (χ4v) is 1.72. The van der Waals surface area contributed by atoms with Crippen LogP contribution >= 0.6 is 0 Å². The van der Waals surface area contributed by atoms with Crippen molar-refractivity contribution in [2.45, 2.75) is 39.2 Å². The maximum absolute atomic E-state index is 11.1. The van der Waals surface area contributed by atoms with Crippen LogP contribution in [0.25, 0.3) is 0 Å². The molecule has 1 rings (SSSR count). The molecule has 0 amide bonds. The van der Waals surface area contributed by atoms with Crippen LogP contribution in [0.3, 0.4) is 0 Å². The molecule has 0 bridgehead atoms. The Balaban J connectivity index is 2.64. The number of hydrogen-bond acceptors (Lipinski definition) is 2. The highest BCUT2D eigenvalue weighted by atomic mass is 16.6. The maximum atomic E-state index is 11.1. The lowest BCUT2D eigenvalue weighted by Crippen LogP contribution is -2.15. The molecule has 1 heterocycles. The third-order valence-electron chi connectivity index (χ3n) is 2.43. The Bertz CT molecular complexity index is 196. The van der Waals surface area contributed by atoms with Crippen LogP contribution in [0.2, 0.25) is 0 Å². The number of carbonyl (C=O) groups is 1. The Labute approximate surface area is 73.6 Å². The Hall–Kier alpha value is -0.790. The van der Waals surface area contributed by atoms with E-state index in [1.165, 1.54) is 0 Å². The van der Waals surface area contributed by atoms with Crippen molar-refractivity contribution in [3.05, 3.63) is 12.2 Å². The monoisotopic (exact) mass is 168 g/mol. The average molecular weight is 168 g/mol. The van der Waals surface area contributed by atoms with Crippen molar-refractivity contribution in [1.82, 2.24) is 0 Å². The predicted octanol–water partition coefficient (Wildman–Crippen LogP) is 2.29.